The van der Waals surface area contributed by atoms with Crippen LogP contribution < -0.4 is 0 Å². The van der Waals surface area contributed by atoms with Crippen molar-refractivity contribution < 1.29 is 9.90 Å². The van der Waals surface area contributed by atoms with Gasteiger partial charge in [0.05, 0.1) is 16.8 Å². The van der Waals surface area contributed by atoms with Crippen LogP contribution in [0.1, 0.15) is 21.5 Å². The number of aryl methyl sites for hydroxylation is 2. The van der Waals surface area contributed by atoms with Crippen molar-refractivity contribution in [3.8, 4) is 22.4 Å². The quantitative estimate of drug-likeness (QED) is 0.500. The number of fused-ring (bicyclic) bond motifs is 1. The Bertz CT molecular complexity index is 1150. The van der Waals surface area contributed by atoms with Crippen molar-refractivity contribution >= 4 is 16.9 Å². The van der Waals surface area contributed by atoms with Gasteiger partial charge in [-0.1, -0.05) is 66.2 Å². The van der Waals surface area contributed by atoms with Gasteiger partial charge >= 0.3 is 5.97 Å². The summed E-state index contributed by atoms with van der Waals surface area (Å²) in [5, 5.41) is 10.4. The van der Waals surface area contributed by atoms with Gasteiger partial charge in [0.25, 0.3) is 0 Å². The van der Waals surface area contributed by atoms with Gasteiger partial charge in [0.15, 0.2) is 0 Å². The summed E-state index contributed by atoms with van der Waals surface area (Å²) in [6, 6.07) is 23.8. The number of rotatable bonds is 3. The van der Waals surface area contributed by atoms with E-state index in [1.807, 2.05) is 68.4 Å². The number of benzene rings is 3. The molecule has 3 nitrogen and oxygen atoms in total. The number of aromatic nitrogens is 1. The van der Waals surface area contributed by atoms with Crippen molar-refractivity contribution in [1.82, 2.24) is 4.98 Å². The molecule has 0 bridgehead atoms. The zero-order valence-electron chi connectivity index (χ0n) is 15.2. The van der Waals surface area contributed by atoms with E-state index in [-0.39, 0.29) is 5.56 Å². The summed E-state index contributed by atoms with van der Waals surface area (Å²) in [4.78, 5) is 16.6. The molecule has 0 unspecified atom stereocenters. The van der Waals surface area contributed by atoms with E-state index in [1.54, 1.807) is 6.07 Å². The van der Waals surface area contributed by atoms with E-state index in [0.29, 0.717) is 11.1 Å². The molecule has 0 saturated carbocycles. The highest BCUT2D eigenvalue weighted by molar-refractivity contribution is 6.04. The average molecular weight is 353 g/mol. The van der Waals surface area contributed by atoms with Crippen molar-refractivity contribution in [2.24, 2.45) is 0 Å². The molecule has 1 heterocycles. The monoisotopic (exact) mass is 353 g/mol. The molecule has 0 radical (unpaired) electrons. The summed E-state index contributed by atoms with van der Waals surface area (Å²) in [5.41, 5.74) is 6.88. The van der Waals surface area contributed by atoms with E-state index in [9.17, 15) is 9.90 Å². The van der Waals surface area contributed by atoms with Gasteiger partial charge in [0.1, 0.15) is 0 Å². The third kappa shape index (κ3) is 3.20. The number of hydrogen-bond acceptors (Lipinski definition) is 2. The summed E-state index contributed by atoms with van der Waals surface area (Å²) in [6.07, 6.45) is 0. The summed E-state index contributed by atoms with van der Waals surface area (Å²) in [5.74, 6) is -0.936. The molecule has 0 fully saturated rings. The highest BCUT2D eigenvalue weighted by Crippen LogP contribution is 2.29. The number of carbonyl (C=O) groups is 1. The van der Waals surface area contributed by atoms with Crippen molar-refractivity contribution in [2.45, 2.75) is 13.8 Å². The van der Waals surface area contributed by atoms with Crippen LogP contribution in [-0.2, 0) is 0 Å². The lowest BCUT2D eigenvalue weighted by molar-refractivity contribution is 0.0699. The van der Waals surface area contributed by atoms with Gasteiger partial charge < -0.3 is 5.11 Å². The Hall–Kier alpha value is -3.46. The Kier molecular flexibility index (Phi) is 4.21. The molecule has 0 aliphatic rings. The highest BCUT2D eigenvalue weighted by atomic mass is 16.4. The zero-order valence-corrected chi connectivity index (χ0v) is 15.2. The zero-order chi connectivity index (χ0) is 19.0. The fourth-order valence-corrected chi connectivity index (χ4v) is 3.47. The van der Waals surface area contributed by atoms with Crippen molar-refractivity contribution in [3.63, 3.8) is 0 Å². The van der Waals surface area contributed by atoms with E-state index in [0.717, 1.165) is 33.3 Å². The largest absolute Gasteiger partial charge is 0.478 e. The first-order chi connectivity index (χ1) is 13.0. The predicted molar refractivity (Wildman–Crippen MR) is 109 cm³/mol. The van der Waals surface area contributed by atoms with Gasteiger partial charge in [-0.25, -0.2) is 9.78 Å². The van der Waals surface area contributed by atoms with E-state index >= 15 is 0 Å². The third-order valence-corrected chi connectivity index (χ3v) is 4.77. The summed E-state index contributed by atoms with van der Waals surface area (Å²) < 4.78 is 0. The average Bonchev–Trinajstić information content (AvgIpc) is 2.68. The molecule has 3 heteroatoms. The fourth-order valence-electron chi connectivity index (χ4n) is 3.47. The Morgan fingerprint density at radius 1 is 0.815 bits per heavy atom. The third-order valence-electron chi connectivity index (χ3n) is 4.77. The van der Waals surface area contributed by atoms with E-state index in [4.69, 9.17) is 4.98 Å². The second-order valence-corrected chi connectivity index (χ2v) is 6.78. The highest BCUT2D eigenvalue weighted by Gasteiger charge is 2.15. The standard InChI is InChI=1S/C24H19NO2/c1-15-12-16(2)23-20(13-15)21(24(26)27)14-22(25-23)19-10-8-18(9-11-19)17-6-4-3-5-7-17/h3-14H,1-2H3,(H,26,27). The molecule has 4 rings (SSSR count). The maximum absolute atomic E-state index is 11.8. The lowest BCUT2D eigenvalue weighted by atomic mass is 9.98. The fraction of sp³-hybridized carbons (Fsp3) is 0.0833. The minimum absolute atomic E-state index is 0.286. The van der Waals surface area contributed by atoms with Gasteiger partial charge in [-0.05, 0) is 42.7 Å². The van der Waals surface area contributed by atoms with Crippen LogP contribution >= 0.6 is 0 Å². The minimum Gasteiger partial charge on any atom is -0.478 e. The van der Waals surface area contributed by atoms with Crippen LogP contribution in [0.25, 0.3) is 33.3 Å². The molecule has 0 aliphatic carbocycles. The van der Waals surface area contributed by atoms with Crippen LogP contribution in [0.4, 0.5) is 0 Å². The molecular formula is C24H19NO2. The van der Waals surface area contributed by atoms with Crippen LogP contribution in [0.2, 0.25) is 0 Å². The van der Waals surface area contributed by atoms with Crippen molar-refractivity contribution in [1.29, 1.82) is 0 Å². The SMILES string of the molecule is Cc1cc(C)c2nc(-c3ccc(-c4ccccc4)cc3)cc(C(=O)O)c2c1. The molecular weight excluding hydrogens is 334 g/mol. The summed E-state index contributed by atoms with van der Waals surface area (Å²) in [6.45, 7) is 3.94. The number of carboxylic acids is 1. The summed E-state index contributed by atoms with van der Waals surface area (Å²) >= 11 is 0. The van der Waals surface area contributed by atoms with Crippen LogP contribution in [0.5, 0.6) is 0 Å². The van der Waals surface area contributed by atoms with Crippen molar-refractivity contribution in [3.05, 3.63) is 89.5 Å². The molecule has 0 saturated heterocycles. The van der Waals surface area contributed by atoms with E-state index in [2.05, 4.69) is 12.1 Å². The first-order valence-corrected chi connectivity index (χ1v) is 8.84. The summed E-state index contributed by atoms with van der Waals surface area (Å²) in [7, 11) is 0. The van der Waals surface area contributed by atoms with E-state index in [1.165, 1.54) is 0 Å². The molecule has 1 aromatic heterocycles. The van der Waals surface area contributed by atoms with Crippen LogP contribution in [0.15, 0.2) is 72.8 Å². The van der Waals surface area contributed by atoms with Gasteiger partial charge in [0.2, 0.25) is 0 Å². The van der Waals surface area contributed by atoms with Gasteiger partial charge in [0, 0.05) is 10.9 Å². The van der Waals surface area contributed by atoms with Crippen LogP contribution in [-0.4, -0.2) is 16.1 Å². The number of aromatic carboxylic acids is 1. The second-order valence-electron chi connectivity index (χ2n) is 6.78. The Balaban J connectivity index is 1.85. The normalized spacial score (nSPS) is 10.9. The molecule has 1 N–H and O–H groups in total. The Morgan fingerprint density at radius 2 is 1.44 bits per heavy atom. The first kappa shape index (κ1) is 17.0. The van der Waals surface area contributed by atoms with E-state index < -0.39 is 5.97 Å². The maximum atomic E-state index is 11.8. The molecule has 3 aromatic carbocycles. The lowest BCUT2D eigenvalue weighted by Crippen LogP contribution is -2.01. The maximum Gasteiger partial charge on any atom is 0.336 e. The predicted octanol–water partition coefficient (Wildman–Crippen LogP) is 5.88. The van der Waals surface area contributed by atoms with Crippen LogP contribution in [0.3, 0.4) is 0 Å². The molecule has 4 aromatic rings. The van der Waals surface area contributed by atoms with Gasteiger partial charge in [-0.2, -0.15) is 0 Å². The smallest absolute Gasteiger partial charge is 0.336 e. The number of nitrogens with zero attached hydrogens (tertiary/aromatic N) is 1. The second kappa shape index (κ2) is 6.69. The van der Waals surface area contributed by atoms with Gasteiger partial charge in [-0.15, -0.1) is 0 Å². The lowest BCUT2D eigenvalue weighted by Gasteiger charge is -2.11. The minimum atomic E-state index is -0.936. The van der Waals surface area contributed by atoms with Gasteiger partial charge in [-0.3, -0.25) is 0 Å². The topological polar surface area (TPSA) is 50.2 Å². The molecule has 132 valence electrons. The van der Waals surface area contributed by atoms with Crippen LogP contribution in [0, 0.1) is 13.8 Å². The Labute approximate surface area is 157 Å². The number of hydrogen-bond donors (Lipinski definition) is 1. The molecule has 0 atom stereocenters. The molecule has 27 heavy (non-hydrogen) atoms. The molecule has 0 spiro atoms. The number of carboxylic acid groups (broad SMARTS) is 1. The Morgan fingerprint density at radius 3 is 2.11 bits per heavy atom. The first-order valence-electron chi connectivity index (χ1n) is 8.84. The number of pyridine rings is 1. The van der Waals surface area contributed by atoms with Crippen molar-refractivity contribution in [2.75, 3.05) is 0 Å². The molecule has 0 aliphatic heterocycles. The molecule has 0 amide bonds.